The Morgan fingerprint density at radius 2 is 1.90 bits per heavy atom. The van der Waals surface area contributed by atoms with Crippen LogP contribution in [0.4, 0.5) is 17.1 Å². The molecular weight excluding hydrogens is 411 g/mol. The molecule has 0 bridgehead atoms. The van der Waals surface area contributed by atoms with Crippen molar-refractivity contribution in [1.29, 1.82) is 0 Å². The third kappa shape index (κ3) is 3.61. The number of halogens is 2. The predicted octanol–water partition coefficient (Wildman–Crippen LogP) is 4.29. The molecule has 0 aliphatic heterocycles. The highest BCUT2D eigenvalue weighted by molar-refractivity contribution is 14.1. The van der Waals surface area contributed by atoms with Crippen LogP contribution < -0.4 is 5.32 Å². The number of nitrogens with zero attached hydrogens (tertiary/aromatic N) is 1. The number of nitrogens with one attached hydrogen (secondary N) is 1. The van der Waals surface area contributed by atoms with Crippen molar-refractivity contribution in [3.05, 3.63) is 60.7 Å². The number of anilines is 2. The number of nitro groups is 1. The second-order valence-corrected chi connectivity index (χ2v) is 5.62. The standard InChI is InChI=1S/C13H8ClIN2O4/c14-9-5-7(13(18)19)1-3-11(9)16-12-4-2-8(17(20)21)6-10(12)15/h1-6,16H,(H,18,19). The van der Waals surface area contributed by atoms with Crippen LogP contribution in [0, 0.1) is 13.7 Å². The molecule has 0 unspecified atom stereocenters. The molecule has 0 amide bonds. The van der Waals surface area contributed by atoms with Gasteiger partial charge in [0, 0.05) is 15.7 Å². The summed E-state index contributed by atoms with van der Waals surface area (Å²) in [5, 5.41) is 22.8. The number of carboxylic acids is 1. The number of benzene rings is 2. The normalized spacial score (nSPS) is 10.2. The van der Waals surface area contributed by atoms with Crippen molar-refractivity contribution in [2.24, 2.45) is 0 Å². The Hall–Kier alpha value is -1.87. The van der Waals surface area contributed by atoms with E-state index >= 15 is 0 Å². The van der Waals surface area contributed by atoms with Gasteiger partial charge in [0.1, 0.15) is 0 Å². The second-order valence-electron chi connectivity index (χ2n) is 4.05. The summed E-state index contributed by atoms with van der Waals surface area (Å²) < 4.78 is 0.653. The molecule has 21 heavy (non-hydrogen) atoms. The number of rotatable bonds is 4. The average molecular weight is 419 g/mol. The molecule has 108 valence electrons. The molecule has 0 radical (unpaired) electrons. The zero-order chi connectivity index (χ0) is 15.6. The summed E-state index contributed by atoms with van der Waals surface area (Å²) in [6.07, 6.45) is 0. The number of hydrogen-bond donors (Lipinski definition) is 2. The van der Waals surface area contributed by atoms with Gasteiger partial charge in [0.25, 0.3) is 5.69 Å². The van der Waals surface area contributed by atoms with E-state index in [9.17, 15) is 14.9 Å². The lowest BCUT2D eigenvalue weighted by molar-refractivity contribution is -0.384. The Bertz CT molecular complexity index is 675. The summed E-state index contributed by atoms with van der Waals surface area (Å²) in [4.78, 5) is 21.0. The van der Waals surface area contributed by atoms with Crippen LogP contribution in [0.15, 0.2) is 36.4 Å². The lowest BCUT2D eigenvalue weighted by Crippen LogP contribution is -1.99. The molecule has 2 rings (SSSR count). The molecule has 0 fully saturated rings. The zero-order valence-corrected chi connectivity index (χ0v) is 13.3. The third-order valence-corrected chi connectivity index (χ3v) is 3.85. The fraction of sp³-hybridized carbons (Fsp3) is 0. The Kier molecular flexibility index (Phi) is 4.63. The van der Waals surface area contributed by atoms with Gasteiger partial charge < -0.3 is 10.4 Å². The molecule has 2 N–H and O–H groups in total. The molecule has 2 aromatic rings. The average Bonchev–Trinajstić information content (AvgIpc) is 2.42. The molecule has 2 aromatic carbocycles. The Labute approximate surface area is 138 Å². The van der Waals surface area contributed by atoms with Crippen LogP contribution in [0.2, 0.25) is 5.02 Å². The monoisotopic (exact) mass is 418 g/mol. The van der Waals surface area contributed by atoms with Crippen LogP contribution in [0.1, 0.15) is 10.4 Å². The van der Waals surface area contributed by atoms with Crippen LogP contribution in [-0.2, 0) is 0 Å². The van der Waals surface area contributed by atoms with Crippen molar-refractivity contribution in [1.82, 2.24) is 0 Å². The SMILES string of the molecule is O=C(O)c1ccc(Nc2ccc([N+](=O)[O-])cc2I)c(Cl)c1. The number of aromatic carboxylic acids is 1. The summed E-state index contributed by atoms with van der Waals surface area (Å²) >= 11 is 7.99. The van der Waals surface area contributed by atoms with Gasteiger partial charge in [0.15, 0.2) is 0 Å². The van der Waals surface area contributed by atoms with Gasteiger partial charge >= 0.3 is 5.97 Å². The maximum Gasteiger partial charge on any atom is 0.335 e. The molecule has 8 heteroatoms. The number of nitro benzene ring substituents is 1. The van der Waals surface area contributed by atoms with E-state index in [-0.39, 0.29) is 16.3 Å². The van der Waals surface area contributed by atoms with Crippen molar-refractivity contribution < 1.29 is 14.8 Å². The number of hydrogen-bond acceptors (Lipinski definition) is 4. The largest absolute Gasteiger partial charge is 0.478 e. The Morgan fingerprint density at radius 1 is 1.24 bits per heavy atom. The van der Waals surface area contributed by atoms with E-state index in [1.54, 1.807) is 12.1 Å². The second kappa shape index (κ2) is 6.27. The van der Waals surface area contributed by atoms with Gasteiger partial charge in [0.2, 0.25) is 0 Å². The molecule has 0 saturated heterocycles. The molecule has 0 aliphatic carbocycles. The third-order valence-electron chi connectivity index (χ3n) is 2.65. The van der Waals surface area contributed by atoms with Crippen molar-refractivity contribution in [3.8, 4) is 0 Å². The minimum atomic E-state index is -1.06. The van der Waals surface area contributed by atoms with Gasteiger partial charge in [-0.2, -0.15) is 0 Å². The molecule has 0 spiro atoms. The lowest BCUT2D eigenvalue weighted by atomic mass is 10.2. The quantitative estimate of drug-likeness (QED) is 0.439. The minimum Gasteiger partial charge on any atom is -0.478 e. The number of carboxylic acid groups (broad SMARTS) is 1. The van der Waals surface area contributed by atoms with Crippen LogP contribution in [0.25, 0.3) is 0 Å². The zero-order valence-electron chi connectivity index (χ0n) is 10.3. The van der Waals surface area contributed by atoms with E-state index in [2.05, 4.69) is 5.32 Å². The van der Waals surface area contributed by atoms with Crippen molar-refractivity contribution in [3.63, 3.8) is 0 Å². The van der Waals surface area contributed by atoms with Gasteiger partial charge in [0.05, 0.1) is 26.9 Å². The lowest BCUT2D eigenvalue weighted by Gasteiger charge is -2.10. The van der Waals surface area contributed by atoms with E-state index < -0.39 is 10.9 Å². The summed E-state index contributed by atoms with van der Waals surface area (Å²) in [5.41, 5.74) is 1.25. The first kappa shape index (κ1) is 15.5. The molecule has 0 aliphatic rings. The maximum atomic E-state index is 10.8. The minimum absolute atomic E-state index is 0.00253. The van der Waals surface area contributed by atoms with Crippen LogP contribution in [0.3, 0.4) is 0 Å². The van der Waals surface area contributed by atoms with E-state index in [1.807, 2.05) is 22.6 Å². The smallest absolute Gasteiger partial charge is 0.335 e. The van der Waals surface area contributed by atoms with Crippen LogP contribution in [-0.4, -0.2) is 16.0 Å². The van der Waals surface area contributed by atoms with Crippen molar-refractivity contribution in [2.75, 3.05) is 5.32 Å². The van der Waals surface area contributed by atoms with Gasteiger partial charge in [-0.15, -0.1) is 0 Å². The summed E-state index contributed by atoms with van der Waals surface area (Å²) in [6.45, 7) is 0. The highest BCUT2D eigenvalue weighted by Gasteiger charge is 2.11. The molecule has 0 heterocycles. The van der Waals surface area contributed by atoms with Crippen molar-refractivity contribution in [2.45, 2.75) is 0 Å². The first-order valence-electron chi connectivity index (χ1n) is 5.62. The van der Waals surface area contributed by atoms with Crippen molar-refractivity contribution >= 4 is 57.2 Å². The summed E-state index contributed by atoms with van der Waals surface area (Å²) in [7, 11) is 0. The molecule has 6 nitrogen and oxygen atoms in total. The predicted molar refractivity (Wildman–Crippen MR) is 87.5 cm³/mol. The molecule has 0 saturated carbocycles. The maximum absolute atomic E-state index is 10.8. The highest BCUT2D eigenvalue weighted by Crippen LogP contribution is 2.30. The number of carbonyl (C=O) groups is 1. The number of non-ortho nitro benzene ring substituents is 1. The fourth-order valence-corrected chi connectivity index (χ4v) is 2.48. The molecule has 0 aromatic heterocycles. The van der Waals surface area contributed by atoms with Gasteiger partial charge in [-0.1, -0.05) is 11.6 Å². The van der Waals surface area contributed by atoms with E-state index in [4.69, 9.17) is 16.7 Å². The first-order valence-corrected chi connectivity index (χ1v) is 7.08. The topological polar surface area (TPSA) is 92.5 Å². The van der Waals surface area contributed by atoms with E-state index in [0.29, 0.717) is 14.9 Å². The first-order chi connectivity index (χ1) is 9.88. The van der Waals surface area contributed by atoms with Gasteiger partial charge in [-0.3, -0.25) is 10.1 Å². The Balaban J connectivity index is 2.30. The van der Waals surface area contributed by atoms with E-state index in [0.717, 1.165) is 0 Å². The molecular formula is C13H8ClIN2O4. The molecule has 0 atom stereocenters. The van der Waals surface area contributed by atoms with Crippen LogP contribution >= 0.6 is 34.2 Å². The summed E-state index contributed by atoms with van der Waals surface area (Å²) in [6, 6.07) is 8.69. The van der Waals surface area contributed by atoms with Crippen LogP contribution in [0.5, 0.6) is 0 Å². The van der Waals surface area contributed by atoms with Gasteiger partial charge in [-0.05, 0) is 46.9 Å². The van der Waals surface area contributed by atoms with Gasteiger partial charge in [-0.25, -0.2) is 4.79 Å². The summed E-state index contributed by atoms with van der Waals surface area (Å²) in [5.74, 6) is -1.06. The van der Waals surface area contributed by atoms with E-state index in [1.165, 1.54) is 24.3 Å². The highest BCUT2D eigenvalue weighted by atomic mass is 127. The Morgan fingerprint density at radius 3 is 2.43 bits per heavy atom. The fourth-order valence-electron chi connectivity index (χ4n) is 1.61.